The Balaban J connectivity index is 2.66. The van der Waals surface area contributed by atoms with E-state index in [4.69, 9.17) is 14.9 Å². The maximum absolute atomic E-state index is 10.5. The number of carboxylic acids is 1. The van der Waals surface area contributed by atoms with Gasteiger partial charge < -0.3 is 20.1 Å². The summed E-state index contributed by atoms with van der Waals surface area (Å²) in [5.74, 6) is -1.57. The minimum Gasteiger partial charge on any atom is -0.479 e. The summed E-state index contributed by atoms with van der Waals surface area (Å²) >= 11 is 0. The van der Waals surface area contributed by atoms with E-state index < -0.39 is 30.2 Å². The zero-order valence-corrected chi connectivity index (χ0v) is 6.67. The molecule has 3 N–H and O–H groups in total. The third kappa shape index (κ3) is 1.43. The Bertz CT molecular complexity index is 181. The smallest absolute Gasteiger partial charge is 0.333 e. The Morgan fingerprint density at radius 2 is 2.17 bits per heavy atom. The molecular formula is C7H12O5. The fourth-order valence-electron chi connectivity index (χ4n) is 1.34. The summed E-state index contributed by atoms with van der Waals surface area (Å²) in [6.07, 6.45) is -2.66. The second-order valence-electron chi connectivity index (χ2n) is 2.97. The van der Waals surface area contributed by atoms with Gasteiger partial charge in [-0.3, -0.25) is 0 Å². The fraction of sp³-hybridized carbons (Fsp3) is 0.857. The Morgan fingerprint density at radius 3 is 2.42 bits per heavy atom. The highest BCUT2D eigenvalue weighted by molar-refractivity contribution is 5.73. The quantitative estimate of drug-likeness (QED) is 0.493. The monoisotopic (exact) mass is 176 g/mol. The van der Waals surface area contributed by atoms with Crippen molar-refractivity contribution in [2.45, 2.75) is 25.2 Å². The molecule has 70 valence electrons. The molecule has 5 nitrogen and oxygen atoms in total. The fourth-order valence-corrected chi connectivity index (χ4v) is 1.34. The van der Waals surface area contributed by atoms with Gasteiger partial charge in [0, 0.05) is 5.92 Å². The van der Waals surface area contributed by atoms with Crippen molar-refractivity contribution in [1.82, 2.24) is 0 Å². The molecule has 0 radical (unpaired) electrons. The van der Waals surface area contributed by atoms with Gasteiger partial charge >= 0.3 is 5.97 Å². The van der Waals surface area contributed by atoms with Gasteiger partial charge in [0.05, 0.1) is 12.7 Å². The number of rotatable bonds is 2. The summed E-state index contributed by atoms with van der Waals surface area (Å²) in [5, 5.41) is 26.6. The van der Waals surface area contributed by atoms with Crippen molar-refractivity contribution in [3.63, 3.8) is 0 Å². The number of aliphatic carboxylic acids is 1. The van der Waals surface area contributed by atoms with Crippen LogP contribution in [0.5, 0.6) is 0 Å². The zero-order chi connectivity index (χ0) is 9.30. The van der Waals surface area contributed by atoms with E-state index >= 15 is 0 Å². The summed E-state index contributed by atoms with van der Waals surface area (Å²) < 4.78 is 4.90. The predicted octanol–water partition coefficient (Wildman–Crippen LogP) is -1.17. The van der Waals surface area contributed by atoms with Crippen LogP contribution in [0.25, 0.3) is 0 Å². The standard InChI is InChI=1S/C7H12O5/c1-3-5(9)4(2-8)12-6(3)7(10)11/h3-6,8-9H,2H2,1H3,(H,10,11)/t3-,4+,5+,6-/m0/s1. The first kappa shape index (κ1) is 9.44. The molecular weight excluding hydrogens is 164 g/mol. The third-order valence-electron chi connectivity index (χ3n) is 2.14. The summed E-state index contributed by atoms with van der Waals surface area (Å²) in [7, 11) is 0. The predicted molar refractivity (Wildman–Crippen MR) is 38.6 cm³/mol. The molecule has 1 fully saturated rings. The van der Waals surface area contributed by atoms with E-state index in [-0.39, 0.29) is 6.61 Å². The summed E-state index contributed by atoms with van der Waals surface area (Å²) in [6.45, 7) is 1.23. The number of hydrogen-bond donors (Lipinski definition) is 3. The average molecular weight is 176 g/mol. The third-order valence-corrected chi connectivity index (χ3v) is 2.14. The van der Waals surface area contributed by atoms with E-state index in [9.17, 15) is 9.90 Å². The van der Waals surface area contributed by atoms with Gasteiger partial charge in [-0.1, -0.05) is 6.92 Å². The summed E-state index contributed by atoms with van der Waals surface area (Å²) in [6, 6.07) is 0. The van der Waals surface area contributed by atoms with Crippen molar-refractivity contribution < 1.29 is 24.9 Å². The van der Waals surface area contributed by atoms with Gasteiger partial charge in [-0.25, -0.2) is 4.79 Å². The molecule has 12 heavy (non-hydrogen) atoms. The van der Waals surface area contributed by atoms with Crippen molar-refractivity contribution in [1.29, 1.82) is 0 Å². The van der Waals surface area contributed by atoms with Gasteiger partial charge in [-0.15, -0.1) is 0 Å². The lowest BCUT2D eigenvalue weighted by Crippen LogP contribution is -2.29. The Kier molecular flexibility index (Phi) is 2.66. The minimum absolute atomic E-state index is 0.352. The topological polar surface area (TPSA) is 87.0 Å². The van der Waals surface area contributed by atoms with E-state index in [0.29, 0.717) is 0 Å². The maximum Gasteiger partial charge on any atom is 0.333 e. The molecule has 5 heteroatoms. The van der Waals surface area contributed by atoms with Gasteiger partial charge in [0.25, 0.3) is 0 Å². The number of aliphatic hydroxyl groups excluding tert-OH is 2. The van der Waals surface area contributed by atoms with Gasteiger partial charge in [0.2, 0.25) is 0 Å². The molecule has 0 aromatic carbocycles. The molecule has 1 rings (SSSR count). The molecule has 0 aromatic rings. The van der Waals surface area contributed by atoms with Crippen molar-refractivity contribution in [3.05, 3.63) is 0 Å². The largest absolute Gasteiger partial charge is 0.479 e. The van der Waals surface area contributed by atoms with Crippen LogP contribution in [0.4, 0.5) is 0 Å². The van der Waals surface area contributed by atoms with Crippen LogP contribution < -0.4 is 0 Å². The zero-order valence-electron chi connectivity index (χ0n) is 6.67. The molecule has 1 saturated heterocycles. The van der Waals surface area contributed by atoms with Crippen molar-refractivity contribution >= 4 is 5.97 Å². The molecule has 4 atom stereocenters. The Hall–Kier alpha value is -0.650. The van der Waals surface area contributed by atoms with E-state index in [1.807, 2.05) is 0 Å². The highest BCUT2D eigenvalue weighted by atomic mass is 16.6. The first-order valence-electron chi connectivity index (χ1n) is 3.75. The summed E-state index contributed by atoms with van der Waals surface area (Å²) in [5.41, 5.74) is 0. The number of aliphatic hydroxyl groups is 2. The van der Waals surface area contributed by atoms with Gasteiger partial charge in [0.15, 0.2) is 6.10 Å². The van der Waals surface area contributed by atoms with Crippen molar-refractivity contribution in [3.8, 4) is 0 Å². The van der Waals surface area contributed by atoms with Crippen LogP contribution >= 0.6 is 0 Å². The van der Waals surface area contributed by atoms with Crippen LogP contribution in [-0.4, -0.2) is 46.2 Å². The molecule has 0 bridgehead atoms. The molecule has 1 aliphatic rings. The lowest BCUT2D eigenvalue weighted by atomic mass is 9.99. The number of ether oxygens (including phenoxy) is 1. The van der Waals surface area contributed by atoms with Crippen LogP contribution in [0.1, 0.15) is 6.92 Å². The second-order valence-corrected chi connectivity index (χ2v) is 2.97. The van der Waals surface area contributed by atoms with E-state index in [1.165, 1.54) is 0 Å². The molecule has 0 spiro atoms. The van der Waals surface area contributed by atoms with Crippen LogP contribution in [-0.2, 0) is 9.53 Å². The normalized spacial score (nSPS) is 41.6. The highest BCUT2D eigenvalue weighted by Gasteiger charge is 2.44. The number of carbonyl (C=O) groups is 1. The molecule has 0 saturated carbocycles. The van der Waals surface area contributed by atoms with Gasteiger partial charge in [0.1, 0.15) is 6.10 Å². The van der Waals surface area contributed by atoms with Crippen molar-refractivity contribution in [2.24, 2.45) is 5.92 Å². The maximum atomic E-state index is 10.5. The minimum atomic E-state index is -1.10. The Labute approximate surface area is 69.6 Å². The highest BCUT2D eigenvalue weighted by Crippen LogP contribution is 2.26. The van der Waals surface area contributed by atoms with E-state index in [2.05, 4.69) is 0 Å². The van der Waals surface area contributed by atoms with Crippen LogP contribution in [0.15, 0.2) is 0 Å². The second kappa shape index (κ2) is 3.38. The van der Waals surface area contributed by atoms with Gasteiger partial charge in [-0.2, -0.15) is 0 Å². The van der Waals surface area contributed by atoms with Crippen LogP contribution in [0, 0.1) is 5.92 Å². The van der Waals surface area contributed by atoms with E-state index in [1.54, 1.807) is 6.92 Å². The van der Waals surface area contributed by atoms with Crippen LogP contribution in [0.3, 0.4) is 0 Å². The molecule has 1 aliphatic heterocycles. The molecule has 1 heterocycles. The lowest BCUT2D eigenvalue weighted by Gasteiger charge is -2.11. The SMILES string of the molecule is C[C@H]1[C@@H](O)[C@@H](CO)O[C@@H]1C(=O)O. The first-order chi connectivity index (χ1) is 5.57. The Morgan fingerprint density at radius 1 is 1.58 bits per heavy atom. The summed E-state index contributed by atoms with van der Waals surface area (Å²) in [4.78, 5) is 10.5. The average Bonchev–Trinajstić information content (AvgIpc) is 2.30. The molecule has 0 aromatic heterocycles. The molecule has 0 aliphatic carbocycles. The van der Waals surface area contributed by atoms with Gasteiger partial charge in [-0.05, 0) is 0 Å². The molecule has 0 amide bonds. The number of hydrogen-bond acceptors (Lipinski definition) is 4. The lowest BCUT2D eigenvalue weighted by molar-refractivity contribution is -0.151. The molecule has 0 unspecified atom stereocenters. The van der Waals surface area contributed by atoms with Crippen molar-refractivity contribution in [2.75, 3.05) is 6.61 Å². The van der Waals surface area contributed by atoms with Crippen LogP contribution in [0.2, 0.25) is 0 Å². The first-order valence-corrected chi connectivity index (χ1v) is 3.75. The number of carboxylic acid groups (broad SMARTS) is 1. The van der Waals surface area contributed by atoms with E-state index in [0.717, 1.165) is 0 Å².